The molecule has 0 fully saturated rings. The van der Waals surface area contributed by atoms with Gasteiger partial charge in [-0.15, -0.1) is 11.3 Å². The molecule has 0 bridgehead atoms. The molecule has 0 aliphatic carbocycles. The summed E-state index contributed by atoms with van der Waals surface area (Å²) in [5.74, 6) is -0.0976. The van der Waals surface area contributed by atoms with E-state index in [2.05, 4.69) is 15.8 Å². The normalized spacial score (nSPS) is 10.9. The van der Waals surface area contributed by atoms with E-state index >= 15 is 0 Å². The molecule has 3 rings (SSSR count). The van der Waals surface area contributed by atoms with Crippen molar-refractivity contribution in [1.29, 1.82) is 0 Å². The minimum absolute atomic E-state index is 0.205. The zero-order valence-corrected chi connectivity index (χ0v) is 15.9. The Kier molecular flexibility index (Phi) is 6.05. The Morgan fingerprint density at radius 3 is 2.63 bits per heavy atom. The highest BCUT2D eigenvalue weighted by atomic mass is 35.5. The third-order valence-corrected chi connectivity index (χ3v) is 5.34. The number of amides is 2. The highest BCUT2D eigenvalue weighted by Gasteiger charge is 2.17. The maximum atomic E-state index is 12.3. The molecule has 0 spiro atoms. The lowest BCUT2D eigenvalue weighted by atomic mass is 10.2. The molecular weight excluding hydrogens is 386 g/mol. The molecule has 1 heterocycles. The minimum atomic E-state index is -0.439. The van der Waals surface area contributed by atoms with E-state index in [1.807, 2.05) is 24.3 Å². The van der Waals surface area contributed by atoms with Crippen molar-refractivity contribution in [2.24, 2.45) is 5.10 Å². The summed E-state index contributed by atoms with van der Waals surface area (Å²) in [4.78, 5) is 24.5. The van der Waals surface area contributed by atoms with Gasteiger partial charge in [-0.2, -0.15) is 5.10 Å². The Morgan fingerprint density at radius 2 is 1.93 bits per heavy atom. The summed E-state index contributed by atoms with van der Waals surface area (Å²) in [7, 11) is 1.59. The number of benzene rings is 2. The molecule has 138 valence electrons. The van der Waals surface area contributed by atoms with E-state index in [0.717, 1.165) is 21.4 Å². The summed E-state index contributed by atoms with van der Waals surface area (Å²) in [5.41, 5.74) is 3.17. The third-order valence-electron chi connectivity index (χ3n) is 3.67. The van der Waals surface area contributed by atoms with Crippen LogP contribution in [0.2, 0.25) is 5.02 Å². The standard InChI is InChI=1S/C19H16ClN3O3S/c1-26-13-8-6-12(7-9-13)10-22-23-16(24)11-21-19(25)18-17(20)14-4-2-3-5-15(14)27-18/h2-10H,11H2,1H3,(H,21,25)(H,23,24)/b22-10-. The second kappa shape index (κ2) is 8.66. The van der Waals surface area contributed by atoms with Crippen molar-refractivity contribution in [3.63, 3.8) is 0 Å². The lowest BCUT2D eigenvalue weighted by Gasteiger charge is -2.03. The van der Waals surface area contributed by atoms with Gasteiger partial charge in [-0.05, 0) is 35.9 Å². The maximum absolute atomic E-state index is 12.3. The fraction of sp³-hybridized carbons (Fsp3) is 0.105. The molecular formula is C19H16ClN3O3S. The van der Waals surface area contributed by atoms with Gasteiger partial charge in [0, 0.05) is 10.1 Å². The predicted octanol–water partition coefficient (Wildman–Crippen LogP) is 3.44. The first-order chi connectivity index (χ1) is 13.1. The summed E-state index contributed by atoms with van der Waals surface area (Å²) < 4.78 is 5.99. The van der Waals surface area contributed by atoms with Crippen LogP contribution >= 0.6 is 22.9 Å². The van der Waals surface area contributed by atoms with Gasteiger partial charge >= 0.3 is 0 Å². The van der Waals surface area contributed by atoms with Gasteiger partial charge in [-0.1, -0.05) is 29.8 Å². The van der Waals surface area contributed by atoms with Crippen molar-refractivity contribution in [1.82, 2.24) is 10.7 Å². The largest absolute Gasteiger partial charge is 0.497 e. The molecule has 0 radical (unpaired) electrons. The van der Waals surface area contributed by atoms with Crippen LogP contribution < -0.4 is 15.5 Å². The Labute approximate surface area is 164 Å². The molecule has 6 nitrogen and oxygen atoms in total. The summed E-state index contributed by atoms with van der Waals surface area (Å²) in [5, 5.41) is 7.63. The van der Waals surface area contributed by atoms with Crippen LogP contribution in [0.15, 0.2) is 53.6 Å². The number of carbonyl (C=O) groups is 2. The van der Waals surface area contributed by atoms with Gasteiger partial charge in [0.15, 0.2) is 0 Å². The molecule has 2 N–H and O–H groups in total. The van der Waals surface area contributed by atoms with Gasteiger partial charge in [0.25, 0.3) is 11.8 Å². The molecule has 2 aromatic carbocycles. The smallest absolute Gasteiger partial charge is 0.263 e. The lowest BCUT2D eigenvalue weighted by molar-refractivity contribution is -0.120. The molecule has 0 unspecified atom stereocenters. The Morgan fingerprint density at radius 1 is 1.19 bits per heavy atom. The number of carbonyl (C=O) groups excluding carboxylic acids is 2. The van der Waals surface area contributed by atoms with Crippen molar-refractivity contribution < 1.29 is 14.3 Å². The first-order valence-corrected chi connectivity index (χ1v) is 9.19. The fourth-order valence-corrected chi connectivity index (χ4v) is 3.74. The topological polar surface area (TPSA) is 79.8 Å². The number of nitrogens with zero attached hydrogens (tertiary/aromatic N) is 1. The number of nitrogens with one attached hydrogen (secondary N) is 2. The average molecular weight is 402 g/mol. The predicted molar refractivity (Wildman–Crippen MR) is 108 cm³/mol. The molecule has 0 aliphatic rings. The van der Waals surface area contributed by atoms with Crippen LogP contribution in [0.25, 0.3) is 10.1 Å². The summed E-state index contributed by atoms with van der Waals surface area (Å²) in [6, 6.07) is 14.7. The number of hydrazone groups is 1. The molecule has 0 aliphatic heterocycles. The van der Waals surface area contributed by atoms with E-state index in [4.69, 9.17) is 16.3 Å². The quantitative estimate of drug-likeness (QED) is 0.490. The molecule has 0 atom stereocenters. The van der Waals surface area contributed by atoms with Crippen molar-refractivity contribution in [2.75, 3.05) is 13.7 Å². The zero-order chi connectivity index (χ0) is 19.2. The number of ether oxygens (including phenoxy) is 1. The van der Waals surface area contributed by atoms with E-state index in [-0.39, 0.29) is 6.54 Å². The Balaban J connectivity index is 1.52. The molecule has 1 aromatic heterocycles. The fourth-order valence-electron chi connectivity index (χ4n) is 2.31. The van der Waals surface area contributed by atoms with Crippen LogP contribution in [-0.2, 0) is 4.79 Å². The van der Waals surface area contributed by atoms with Gasteiger partial charge in [-0.3, -0.25) is 9.59 Å². The third kappa shape index (κ3) is 4.64. The first-order valence-electron chi connectivity index (χ1n) is 7.99. The van der Waals surface area contributed by atoms with Crippen molar-refractivity contribution in [3.8, 4) is 5.75 Å². The van der Waals surface area contributed by atoms with Crippen LogP contribution in [0.4, 0.5) is 0 Å². The van der Waals surface area contributed by atoms with Crippen LogP contribution in [-0.4, -0.2) is 31.7 Å². The number of rotatable bonds is 6. The van der Waals surface area contributed by atoms with Crippen molar-refractivity contribution in [2.45, 2.75) is 0 Å². The van der Waals surface area contributed by atoms with E-state index in [0.29, 0.717) is 9.90 Å². The van der Waals surface area contributed by atoms with Crippen molar-refractivity contribution >= 4 is 51.1 Å². The van der Waals surface area contributed by atoms with Gasteiger partial charge < -0.3 is 10.1 Å². The second-order valence-corrected chi connectivity index (χ2v) is 6.92. The molecule has 2 amide bonds. The van der Waals surface area contributed by atoms with Crippen LogP contribution in [0.5, 0.6) is 5.75 Å². The van der Waals surface area contributed by atoms with Crippen LogP contribution in [0.3, 0.4) is 0 Å². The zero-order valence-electron chi connectivity index (χ0n) is 14.4. The number of halogens is 1. The number of fused-ring (bicyclic) bond motifs is 1. The van der Waals surface area contributed by atoms with Gasteiger partial charge in [0.1, 0.15) is 10.6 Å². The van der Waals surface area contributed by atoms with Gasteiger partial charge in [0.2, 0.25) is 0 Å². The highest BCUT2D eigenvalue weighted by Crippen LogP contribution is 2.34. The summed E-state index contributed by atoms with van der Waals surface area (Å²) in [6.07, 6.45) is 1.50. The summed E-state index contributed by atoms with van der Waals surface area (Å²) in [6.45, 7) is -0.205. The number of methoxy groups -OCH3 is 1. The Bertz CT molecular complexity index is 999. The van der Waals surface area contributed by atoms with E-state index in [1.165, 1.54) is 17.6 Å². The average Bonchev–Trinajstić information content (AvgIpc) is 3.04. The van der Waals surface area contributed by atoms with Crippen LogP contribution in [0.1, 0.15) is 15.2 Å². The molecule has 8 heteroatoms. The maximum Gasteiger partial charge on any atom is 0.263 e. The van der Waals surface area contributed by atoms with E-state index in [9.17, 15) is 9.59 Å². The second-order valence-electron chi connectivity index (χ2n) is 5.49. The molecule has 0 saturated carbocycles. The number of hydrogen-bond donors (Lipinski definition) is 2. The van der Waals surface area contributed by atoms with E-state index in [1.54, 1.807) is 31.4 Å². The van der Waals surface area contributed by atoms with Crippen molar-refractivity contribution in [3.05, 3.63) is 64.0 Å². The lowest BCUT2D eigenvalue weighted by Crippen LogP contribution is -2.34. The molecule has 3 aromatic rings. The SMILES string of the molecule is COc1ccc(/C=N\NC(=O)CNC(=O)c2sc3ccccc3c2Cl)cc1. The first kappa shape index (κ1) is 18.9. The van der Waals surface area contributed by atoms with E-state index < -0.39 is 11.8 Å². The number of hydrogen-bond acceptors (Lipinski definition) is 5. The van der Waals surface area contributed by atoms with Gasteiger partial charge in [-0.25, -0.2) is 5.43 Å². The molecule has 0 saturated heterocycles. The molecule has 27 heavy (non-hydrogen) atoms. The van der Waals surface area contributed by atoms with Gasteiger partial charge in [0.05, 0.1) is 24.9 Å². The minimum Gasteiger partial charge on any atom is -0.497 e. The highest BCUT2D eigenvalue weighted by molar-refractivity contribution is 7.21. The summed E-state index contributed by atoms with van der Waals surface area (Å²) >= 11 is 7.54. The van der Waals surface area contributed by atoms with Crippen LogP contribution in [0, 0.1) is 0 Å². The Hall–Kier alpha value is -2.90. The monoisotopic (exact) mass is 401 g/mol. The number of thiophene rings is 1.